The molecule has 0 aliphatic rings. The predicted octanol–water partition coefficient (Wildman–Crippen LogP) is 3.74. The van der Waals surface area contributed by atoms with Crippen LogP contribution in [0.3, 0.4) is 0 Å². The van der Waals surface area contributed by atoms with Crippen LogP contribution in [-0.2, 0) is 20.7 Å². The molecule has 1 heterocycles. The summed E-state index contributed by atoms with van der Waals surface area (Å²) in [5, 5.41) is 4.31. The third-order valence-electron chi connectivity index (χ3n) is 4.18. The van der Waals surface area contributed by atoms with Gasteiger partial charge in [-0.15, -0.1) is 0 Å². The van der Waals surface area contributed by atoms with Gasteiger partial charge in [0.05, 0.1) is 7.11 Å². The first kappa shape index (κ1) is 18.7. The number of methoxy groups -OCH3 is 1. The lowest BCUT2D eigenvalue weighted by molar-refractivity contribution is -0.144. The molecule has 0 aliphatic heterocycles. The average molecular weight is 383 g/mol. The van der Waals surface area contributed by atoms with Crippen molar-refractivity contribution < 1.29 is 14.3 Å². The van der Waals surface area contributed by atoms with E-state index in [1.54, 1.807) is 24.3 Å². The van der Waals surface area contributed by atoms with Gasteiger partial charge in [-0.2, -0.15) is 0 Å². The second-order valence-electron chi connectivity index (χ2n) is 6.04. The highest BCUT2D eigenvalue weighted by molar-refractivity contribution is 6.30. The molecule has 138 valence electrons. The van der Waals surface area contributed by atoms with Crippen LogP contribution in [-0.4, -0.2) is 30.0 Å². The third-order valence-corrected chi connectivity index (χ3v) is 4.41. The number of ether oxygens (including phenoxy) is 1. The van der Waals surface area contributed by atoms with E-state index in [2.05, 4.69) is 10.3 Å². The van der Waals surface area contributed by atoms with Crippen molar-refractivity contribution in [1.29, 1.82) is 0 Å². The van der Waals surface area contributed by atoms with Crippen molar-refractivity contribution in [3.63, 3.8) is 0 Å². The Hall–Kier alpha value is -3.05. The third kappa shape index (κ3) is 4.77. The van der Waals surface area contributed by atoms with Crippen molar-refractivity contribution in [2.24, 2.45) is 0 Å². The van der Waals surface area contributed by atoms with E-state index in [4.69, 9.17) is 16.3 Å². The fourth-order valence-electron chi connectivity index (χ4n) is 2.86. The number of para-hydroxylation sites is 1. The molecule has 1 amide bonds. The van der Waals surface area contributed by atoms with Crippen LogP contribution in [0.15, 0.2) is 60.8 Å². The number of esters is 1. The molecule has 0 saturated heterocycles. The van der Waals surface area contributed by atoms with Gasteiger partial charge in [0.15, 0.2) is 0 Å². The Kier molecular flexibility index (Phi) is 5.94. The number of rotatable bonds is 6. The van der Waals surface area contributed by atoms with Crippen LogP contribution in [0, 0.1) is 0 Å². The fourth-order valence-corrected chi connectivity index (χ4v) is 3.06. The molecule has 2 aromatic carbocycles. The van der Waals surface area contributed by atoms with E-state index in [1.807, 2.05) is 36.5 Å². The Morgan fingerprint density at radius 3 is 2.81 bits per heavy atom. The highest BCUT2D eigenvalue weighted by Gasteiger charge is 2.22. The van der Waals surface area contributed by atoms with Crippen LogP contribution < -0.4 is 5.32 Å². The lowest BCUT2D eigenvalue weighted by atomic mass is 10.0. The summed E-state index contributed by atoms with van der Waals surface area (Å²) < 4.78 is 4.85. The van der Waals surface area contributed by atoms with Gasteiger partial charge >= 0.3 is 5.97 Å². The Morgan fingerprint density at radius 1 is 1.22 bits per heavy atom. The Bertz CT molecular complexity index is 994. The summed E-state index contributed by atoms with van der Waals surface area (Å²) in [5.74, 6) is -0.880. The molecule has 27 heavy (non-hydrogen) atoms. The standard InChI is InChI=1S/C21H19ClN2O3/c1-27-21(26)19(12-15-13-23-18-8-3-2-7-17(15)18)24-20(25)10-9-14-5-4-6-16(22)11-14/h2-11,13,19,23H,12H2,1H3,(H,24,25)/b10-9+/t19-/m1/s1. The van der Waals surface area contributed by atoms with Gasteiger partial charge in [-0.25, -0.2) is 4.79 Å². The number of H-pyrrole nitrogens is 1. The molecule has 0 saturated carbocycles. The predicted molar refractivity (Wildman–Crippen MR) is 106 cm³/mol. The van der Waals surface area contributed by atoms with Crippen LogP contribution in [0.1, 0.15) is 11.1 Å². The Morgan fingerprint density at radius 2 is 2.04 bits per heavy atom. The lowest BCUT2D eigenvalue weighted by Gasteiger charge is -2.15. The van der Waals surface area contributed by atoms with E-state index < -0.39 is 12.0 Å². The van der Waals surface area contributed by atoms with E-state index in [1.165, 1.54) is 13.2 Å². The summed E-state index contributed by atoms with van der Waals surface area (Å²) in [6.07, 6.45) is 5.18. The maximum Gasteiger partial charge on any atom is 0.328 e. The number of hydrogen-bond acceptors (Lipinski definition) is 3. The molecular weight excluding hydrogens is 364 g/mol. The van der Waals surface area contributed by atoms with Crippen molar-refractivity contribution >= 4 is 40.5 Å². The van der Waals surface area contributed by atoms with Crippen LogP contribution in [0.4, 0.5) is 0 Å². The summed E-state index contributed by atoms with van der Waals surface area (Å²) in [5.41, 5.74) is 2.70. The lowest BCUT2D eigenvalue weighted by Crippen LogP contribution is -2.42. The molecule has 1 aromatic heterocycles. The smallest absolute Gasteiger partial charge is 0.328 e. The number of aromatic nitrogens is 1. The number of carbonyl (C=O) groups is 2. The highest BCUT2D eigenvalue weighted by Crippen LogP contribution is 2.19. The van der Waals surface area contributed by atoms with E-state index >= 15 is 0 Å². The van der Waals surface area contributed by atoms with E-state index in [-0.39, 0.29) is 5.91 Å². The zero-order valence-electron chi connectivity index (χ0n) is 14.7. The number of nitrogens with one attached hydrogen (secondary N) is 2. The SMILES string of the molecule is COC(=O)[C@@H](Cc1c[nH]c2ccccc12)NC(=O)/C=C/c1cccc(Cl)c1. The molecule has 0 spiro atoms. The molecule has 0 fully saturated rings. The number of benzene rings is 2. The molecule has 3 aromatic rings. The van der Waals surface area contributed by atoms with Crippen molar-refractivity contribution in [3.8, 4) is 0 Å². The topological polar surface area (TPSA) is 71.2 Å². The number of carbonyl (C=O) groups excluding carboxylic acids is 2. The largest absolute Gasteiger partial charge is 0.467 e. The van der Waals surface area contributed by atoms with Gasteiger partial charge in [0.1, 0.15) is 6.04 Å². The zero-order valence-corrected chi connectivity index (χ0v) is 15.5. The maximum atomic E-state index is 12.3. The molecule has 3 rings (SSSR count). The van der Waals surface area contributed by atoms with Gasteiger partial charge in [-0.05, 0) is 35.4 Å². The van der Waals surface area contributed by atoms with Gasteiger partial charge in [-0.3, -0.25) is 4.79 Å². The quantitative estimate of drug-likeness (QED) is 0.504. The summed E-state index contributed by atoms with van der Waals surface area (Å²) in [6, 6.07) is 14.1. The molecule has 1 atom stereocenters. The van der Waals surface area contributed by atoms with Gasteiger partial charge in [0.2, 0.25) is 5.91 Å². The second-order valence-corrected chi connectivity index (χ2v) is 6.47. The van der Waals surface area contributed by atoms with Crippen LogP contribution >= 0.6 is 11.6 Å². The minimum Gasteiger partial charge on any atom is -0.467 e. The van der Waals surface area contributed by atoms with E-state index in [0.29, 0.717) is 11.4 Å². The summed E-state index contributed by atoms with van der Waals surface area (Å²) in [7, 11) is 1.30. The highest BCUT2D eigenvalue weighted by atomic mass is 35.5. The summed E-state index contributed by atoms with van der Waals surface area (Å²) in [4.78, 5) is 27.6. The molecule has 0 aliphatic carbocycles. The molecule has 0 bridgehead atoms. The Labute approximate surface area is 162 Å². The summed E-state index contributed by atoms with van der Waals surface area (Å²) >= 11 is 5.93. The number of fused-ring (bicyclic) bond motifs is 1. The van der Waals surface area contributed by atoms with Crippen molar-refractivity contribution in [3.05, 3.63) is 77.0 Å². The average Bonchev–Trinajstić information content (AvgIpc) is 3.08. The first-order chi connectivity index (χ1) is 13.1. The molecule has 2 N–H and O–H groups in total. The zero-order chi connectivity index (χ0) is 19.2. The molecule has 0 unspecified atom stereocenters. The normalized spacial score (nSPS) is 12.2. The number of hydrogen-bond donors (Lipinski definition) is 2. The molecule has 5 nitrogen and oxygen atoms in total. The maximum absolute atomic E-state index is 12.3. The second kappa shape index (κ2) is 8.56. The number of amides is 1. The van der Waals surface area contributed by atoms with E-state index in [9.17, 15) is 9.59 Å². The first-order valence-corrected chi connectivity index (χ1v) is 8.81. The minimum absolute atomic E-state index is 0.327. The monoisotopic (exact) mass is 382 g/mol. The fraction of sp³-hybridized carbons (Fsp3) is 0.143. The molecule has 0 radical (unpaired) electrons. The minimum atomic E-state index is -0.786. The molecular formula is C21H19ClN2O3. The number of aromatic amines is 1. The first-order valence-electron chi connectivity index (χ1n) is 8.44. The molecule has 6 heteroatoms. The number of halogens is 1. The van der Waals surface area contributed by atoms with Crippen LogP contribution in [0.2, 0.25) is 5.02 Å². The van der Waals surface area contributed by atoms with Gasteiger partial charge in [0, 0.05) is 34.6 Å². The van der Waals surface area contributed by atoms with Crippen molar-refractivity contribution in [1.82, 2.24) is 10.3 Å². The van der Waals surface area contributed by atoms with Crippen molar-refractivity contribution in [2.45, 2.75) is 12.5 Å². The van der Waals surface area contributed by atoms with Crippen molar-refractivity contribution in [2.75, 3.05) is 7.11 Å². The van der Waals surface area contributed by atoms with Gasteiger partial charge in [-0.1, -0.05) is 41.9 Å². The Balaban J connectivity index is 1.73. The summed E-state index contributed by atoms with van der Waals surface area (Å²) in [6.45, 7) is 0. The van der Waals surface area contributed by atoms with E-state index in [0.717, 1.165) is 22.0 Å². The van der Waals surface area contributed by atoms with Crippen LogP contribution in [0.25, 0.3) is 17.0 Å². The van der Waals surface area contributed by atoms with Gasteiger partial charge < -0.3 is 15.0 Å². The van der Waals surface area contributed by atoms with Crippen LogP contribution in [0.5, 0.6) is 0 Å². The van der Waals surface area contributed by atoms with Gasteiger partial charge in [0.25, 0.3) is 0 Å².